The van der Waals surface area contributed by atoms with Crippen LogP contribution < -0.4 is 4.74 Å². The summed E-state index contributed by atoms with van der Waals surface area (Å²) in [4.78, 5) is 10.3. The summed E-state index contributed by atoms with van der Waals surface area (Å²) in [5.41, 5.74) is 3.00. The molecule has 0 aliphatic carbocycles. The second-order valence-corrected chi connectivity index (χ2v) is 4.44. The smallest absolute Gasteiger partial charge is 0.269 e. The number of rotatable bonds is 4. The van der Waals surface area contributed by atoms with E-state index in [9.17, 15) is 10.1 Å². The molecule has 0 saturated heterocycles. The van der Waals surface area contributed by atoms with Gasteiger partial charge in [0, 0.05) is 12.1 Å². The Kier molecular flexibility index (Phi) is 3.80. The van der Waals surface area contributed by atoms with Gasteiger partial charge < -0.3 is 4.74 Å². The number of nitro benzene ring substituents is 1. The first-order valence-electron chi connectivity index (χ1n) is 6.00. The molecule has 0 heterocycles. The van der Waals surface area contributed by atoms with Crippen LogP contribution in [0.2, 0.25) is 0 Å². The molecule has 0 aliphatic heterocycles. The van der Waals surface area contributed by atoms with Crippen molar-refractivity contribution in [2.75, 3.05) is 0 Å². The number of benzene rings is 2. The normalized spacial score (nSPS) is 10.2. The van der Waals surface area contributed by atoms with Gasteiger partial charge in [-0.1, -0.05) is 30.3 Å². The van der Waals surface area contributed by atoms with Crippen molar-refractivity contribution < 1.29 is 9.66 Å². The van der Waals surface area contributed by atoms with Gasteiger partial charge in [-0.3, -0.25) is 10.1 Å². The van der Waals surface area contributed by atoms with Gasteiger partial charge in [0.25, 0.3) is 5.69 Å². The average Bonchev–Trinajstić information content (AvgIpc) is 2.38. The number of nitro groups is 1. The Morgan fingerprint density at radius 2 is 1.74 bits per heavy atom. The van der Waals surface area contributed by atoms with Crippen LogP contribution >= 0.6 is 0 Å². The molecule has 2 aromatic carbocycles. The van der Waals surface area contributed by atoms with E-state index in [0.717, 1.165) is 22.4 Å². The summed E-state index contributed by atoms with van der Waals surface area (Å²) in [7, 11) is 0. The lowest BCUT2D eigenvalue weighted by molar-refractivity contribution is -0.384. The van der Waals surface area contributed by atoms with E-state index in [1.165, 1.54) is 12.1 Å². The summed E-state index contributed by atoms with van der Waals surface area (Å²) >= 11 is 0. The molecule has 0 N–H and O–H groups in total. The summed E-state index contributed by atoms with van der Waals surface area (Å²) in [6.07, 6.45) is 0. The number of non-ortho nitro benzene ring substituents is 1. The molecule has 0 aromatic heterocycles. The largest absolute Gasteiger partial charge is 0.488 e. The van der Waals surface area contributed by atoms with Crippen LogP contribution in [0.1, 0.15) is 16.7 Å². The molecule has 0 aliphatic rings. The summed E-state index contributed by atoms with van der Waals surface area (Å²) in [5, 5.41) is 10.7. The van der Waals surface area contributed by atoms with Crippen molar-refractivity contribution >= 4 is 5.69 Å². The fourth-order valence-electron chi connectivity index (χ4n) is 1.94. The van der Waals surface area contributed by atoms with Gasteiger partial charge in [0.2, 0.25) is 0 Å². The van der Waals surface area contributed by atoms with Crippen LogP contribution in [0.4, 0.5) is 5.69 Å². The number of aryl methyl sites for hydroxylation is 2. The molecule has 0 spiro atoms. The van der Waals surface area contributed by atoms with E-state index < -0.39 is 4.92 Å². The van der Waals surface area contributed by atoms with Crippen molar-refractivity contribution in [3.05, 3.63) is 69.3 Å². The van der Waals surface area contributed by atoms with Gasteiger partial charge in [-0.15, -0.1) is 0 Å². The van der Waals surface area contributed by atoms with E-state index in [4.69, 9.17) is 4.74 Å². The van der Waals surface area contributed by atoms with Gasteiger partial charge in [0.05, 0.1) is 4.92 Å². The highest BCUT2D eigenvalue weighted by Crippen LogP contribution is 2.24. The van der Waals surface area contributed by atoms with Crippen LogP contribution in [-0.2, 0) is 6.61 Å². The van der Waals surface area contributed by atoms with Crippen LogP contribution in [0.5, 0.6) is 5.75 Å². The molecule has 98 valence electrons. The number of para-hydroxylation sites is 1. The fraction of sp³-hybridized carbons (Fsp3) is 0.200. The van der Waals surface area contributed by atoms with Gasteiger partial charge >= 0.3 is 0 Å². The first-order valence-corrected chi connectivity index (χ1v) is 6.00. The third-order valence-electron chi connectivity index (χ3n) is 2.91. The first-order chi connectivity index (χ1) is 9.08. The molecule has 2 aromatic rings. The molecule has 0 radical (unpaired) electrons. The summed E-state index contributed by atoms with van der Waals surface area (Å²) in [5.74, 6) is 0.842. The zero-order chi connectivity index (χ0) is 13.8. The lowest BCUT2D eigenvalue weighted by atomic mass is 10.1. The van der Waals surface area contributed by atoms with E-state index >= 15 is 0 Å². The molecule has 4 nitrogen and oxygen atoms in total. The molecule has 4 heteroatoms. The van der Waals surface area contributed by atoms with Crippen molar-refractivity contribution in [3.8, 4) is 5.75 Å². The zero-order valence-electron chi connectivity index (χ0n) is 10.9. The molecule has 0 bridgehead atoms. The first kappa shape index (κ1) is 13.1. The van der Waals surface area contributed by atoms with Crippen LogP contribution in [0.3, 0.4) is 0 Å². The standard InChI is InChI=1S/C15H15NO3/c1-11-5-3-6-12(2)15(11)19-10-13-7-4-8-14(9-13)16(17)18/h3-9H,10H2,1-2H3. The number of hydrogen-bond donors (Lipinski definition) is 0. The van der Waals surface area contributed by atoms with Crippen molar-refractivity contribution in [1.29, 1.82) is 0 Å². The topological polar surface area (TPSA) is 52.4 Å². The fourth-order valence-corrected chi connectivity index (χ4v) is 1.94. The number of hydrogen-bond acceptors (Lipinski definition) is 3. The van der Waals surface area contributed by atoms with Gasteiger partial charge in [-0.25, -0.2) is 0 Å². The quantitative estimate of drug-likeness (QED) is 0.618. The highest BCUT2D eigenvalue weighted by Gasteiger charge is 2.07. The Labute approximate surface area is 111 Å². The Hall–Kier alpha value is -2.36. The second kappa shape index (κ2) is 5.52. The number of ether oxygens (including phenoxy) is 1. The number of nitrogens with zero attached hydrogens (tertiary/aromatic N) is 1. The average molecular weight is 257 g/mol. The minimum Gasteiger partial charge on any atom is -0.488 e. The summed E-state index contributed by atoms with van der Waals surface area (Å²) in [6, 6.07) is 12.4. The molecule has 0 saturated carbocycles. The molecule has 19 heavy (non-hydrogen) atoms. The maximum atomic E-state index is 10.7. The lowest BCUT2D eigenvalue weighted by Gasteiger charge is -2.11. The van der Waals surface area contributed by atoms with Gasteiger partial charge in [-0.05, 0) is 30.5 Å². The Morgan fingerprint density at radius 1 is 1.11 bits per heavy atom. The third-order valence-corrected chi connectivity index (χ3v) is 2.91. The molecule has 0 atom stereocenters. The molecule has 0 unspecified atom stereocenters. The molecule has 0 fully saturated rings. The van der Waals surface area contributed by atoms with Crippen molar-refractivity contribution in [2.45, 2.75) is 20.5 Å². The maximum absolute atomic E-state index is 10.7. The second-order valence-electron chi connectivity index (χ2n) is 4.44. The van der Waals surface area contributed by atoms with Crippen molar-refractivity contribution in [1.82, 2.24) is 0 Å². The van der Waals surface area contributed by atoms with E-state index in [1.807, 2.05) is 38.1 Å². The summed E-state index contributed by atoms with van der Waals surface area (Å²) < 4.78 is 5.77. The highest BCUT2D eigenvalue weighted by atomic mass is 16.6. The van der Waals surface area contributed by atoms with E-state index in [-0.39, 0.29) is 5.69 Å². The van der Waals surface area contributed by atoms with Crippen LogP contribution in [0.15, 0.2) is 42.5 Å². The van der Waals surface area contributed by atoms with Crippen molar-refractivity contribution in [2.24, 2.45) is 0 Å². The van der Waals surface area contributed by atoms with Gasteiger partial charge in [0.15, 0.2) is 0 Å². The Balaban J connectivity index is 2.15. The zero-order valence-corrected chi connectivity index (χ0v) is 10.9. The lowest BCUT2D eigenvalue weighted by Crippen LogP contribution is -1.99. The van der Waals surface area contributed by atoms with E-state index in [0.29, 0.717) is 6.61 Å². The Morgan fingerprint density at radius 3 is 2.37 bits per heavy atom. The predicted molar refractivity (Wildman–Crippen MR) is 73.3 cm³/mol. The van der Waals surface area contributed by atoms with Crippen LogP contribution in [0, 0.1) is 24.0 Å². The molecular weight excluding hydrogens is 242 g/mol. The van der Waals surface area contributed by atoms with E-state index in [1.54, 1.807) is 6.07 Å². The minimum atomic E-state index is -0.400. The predicted octanol–water partition coefficient (Wildman–Crippen LogP) is 3.79. The third kappa shape index (κ3) is 3.10. The van der Waals surface area contributed by atoms with Crippen molar-refractivity contribution in [3.63, 3.8) is 0 Å². The van der Waals surface area contributed by atoms with Crippen LogP contribution in [-0.4, -0.2) is 4.92 Å². The maximum Gasteiger partial charge on any atom is 0.269 e. The summed E-state index contributed by atoms with van der Waals surface area (Å²) in [6.45, 7) is 4.29. The highest BCUT2D eigenvalue weighted by molar-refractivity contribution is 5.40. The minimum absolute atomic E-state index is 0.0857. The van der Waals surface area contributed by atoms with Crippen LogP contribution in [0.25, 0.3) is 0 Å². The Bertz CT molecular complexity index is 588. The SMILES string of the molecule is Cc1cccc(C)c1OCc1cccc([N+](=O)[O-])c1. The van der Waals surface area contributed by atoms with Gasteiger partial charge in [-0.2, -0.15) is 0 Å². The monoisotopic (exact) mass is 257 g/mol. The molecular formula is C15H15NO3. The molecule has 0 amide bonds. The van der Waals surface area contributed by atoms with E-state index in [2.05, 4.69) is 0 Å². The van der Waals surface area contributed by atoms with Gasteiger partial charge in [0.1, 0.15) is 12.4 Å². The molecule has 2 rings (SSSR count).